The molecule has 3 aliphatic heterocycles. The number of imide groups is 1. The molecule has 4 amide bonds. The second-order valence-corrected chi connectivity index (χ2v) is 9.97. The Bertz CT molecular complexity index is 1350. The van der Waals surface area contributed by atoms with Crippen LogP contribution in [-0.4, -0.2) is 60.0 Å². The van der Waals surface area contributed by atoms with Crippen LogP contribution in [0.5, 0.6) is 5.75 Å². The maximum absolute atomic E-state index is 13.1. The summed E-state index contributed by atoms with van der Waals surface area (Å²) in [6.07, 6.45) is 1.57. The quantitative estimate of drug-likeness (QED) is 0.478. The van der Waals surface area contributed by atoms with Crippen molar-refractivity contribution in [1.82, 2.24) is 25.8 Å². The number of nitrogens with zero attached hydrogens (tertiary/aromatic N) is 2. The van der Waals surface area contributed by atoms with Gasteiger partial charge in [0.2, 0.25) is 0 Å². The first-order valence-electron chi connectivity index (χ1n) is 11.0. The third-order valence-corrected chi connectivity index (χ3v) is 7.72. The van der Waals surface area contributed by atoms with Crippen molar-refractivity contribution in [3.05, 3.63) is 45.9 Å². The first kappa shape index (κ1) is 21.3. The van der Waals surface area contributed by atoms with Crippen molar-refractivity contribution < 1.29 is 19.1 Å². The summed E-state index contributed by atoms with van der Waals surface area (Å²) in [4.78, 5) is 43.8. The van der Waals surface area contributed by atoms with Crippen molar-refractivity contribution in [3.63, 3.8) is 0 Å². The Morgan fingerprint density at radius 1 is 1.18 bits per heavy atom. The van der Waals surface area contributed by atoms with Gasteiger partial charge in [-0.25, -0.2) is 4.79 Å². The molecular weight excluding hydrogens is 478 g/mol. The van der Waals surface area contributed by atoms with Gasteiger partial charge in [-0.2, -0.15) is 0 Å². The monoisotopic (exact) mass is 497 g/mol. The topological polar surface area (TPSA) is 113 Å². The third kappa shape index (κ3) is 3.58. The van der Waals surface area contributed by atoms with Crippen molar-refractivity contribution in [2.45, 2.75) is 18.6 Å². The maximum Gasteiger partial charge on any atom is 0.322 e. The normalized spacial score (nSPS) is 21.9. The minimum atomic E-state index is -0.748. The van der Waals surface area contributed by atoms with Crippen LogP contribution < -0.4 is 20.7 Å². The number of nitrogens with one attached hydrogen (secondary N) is 3. The van der Waals surface area contributed by atoms with Crippen LogP contribution in [0.3, 0.4) is 0 Å². The second kappa shape index (κ2) is 8.23. The molecule has 3 aromatic rings. The van der Waals surface area contributed by atoms with Gasteiger partial charge in [0.25, 0.3) is 11.8 Å². The number of carbonyl (C=O) groups excluding carboxylic acids is 3. The summed E-state index contributed by atoms with van der Waals surface area (Å²) in [6, 6.07) is 6.10. The van der Waals surface area contributed by atoms with Gasteiger partial charge >= 0.3 is 6.03 Å². The standard InChI is InChI=1S/C23H20ClN5O4S/c24-12-7-11-8-16(22(31)29-5-3-25-4-6-29)33-19(11)14(9-12)13-1-2-26-15-10-17(34-20(13)15)18-21(30)28-23(32)27-18/h1-2,7,9-10,16,18,25H,3-6,8H2,(H2,27,28,30,32)/t16-,18?/m1/s1. The van der Waals surface area contributed by atoms with Gasteiger partial charge in [-0.05, 0) is 24.3 Å². The van der Waals surface area contributed by atoms with E-state index < -0.39 is 18.2 Å². The lowest BCUT2D eigenvalue weighted by Gasteiger charge is -2.29. The molecule has 0 radical (unpaired) electrons. The van der Waals surface area contributed by atoms with E-state index in [0.29, 0.717) is 40.7 Å². The largest absolute Gasteiger partial charge is 0.479 e. The van der Waals surface area contributed by atoms with Gasteiger partial charge in [-0.1, -0.05) is 11.6 Å². The lowest BCUT2D eigenvalue weighted by atomic mass is 10.0. The highest BCUT2D eigenvalue weighted by Crippen LogP contribution is 2.45. The van der Waals surface area contributed by atoms with Gasteiger partial charge in [0.1, 0.15) is 11.8 Å². The number of rotatable bonds is 3. The molecule has 2 atom stereocenters. The molecule has 11 heteroatoms. The van der Waals surface area contributed by atoms with E-state index in [9.17, 15) is 14.4 Å². The first-order valence-corrected chi connectivity index (χ1v) is 12.2. The minimum Gasteiger partial charge on any atom is -0.479 e. The Labute approximate surface area is 203 Å². The average molecular weight is 498 g/mol. The smallest absolute Gasteiger partial charge is 0.322 e. The van der Waals surface area contributed by atoms with Crippen molar-refractivity contribution in [1.29, 1.82) is 0 Å². The number of thiophene rings is 1. The van der Waals surface area contributed by atoms with Crippen LogP contribution in [0.1, 0.15) is 16.5 Å². The molecule has 2 fully saturated rings. The summed E-state index contributed by atoms with van der Waals surface area (Å²) >= 11 is 7.86. The number of hydrogen-bond donors (Lipinski definition) is 3. The zero-order valence-corrected chi connectivity index (χ0v) is 19.5. The molecule has 174 valence electrons. The fraction of sp³-hybridized carbons (Fsp3) is 0.304. The minimum absolute atomic E-state index is 0.0129. The van der Waals surface area contributed by atoms with Gasteiger partial charge in [0, 0.05) is 65.4 Å². The summed E-state index contributed by atoms with van der Waals surface area (Å²) in [6.45, 7) is 2.88. The van der Waals surface area contributed by atoms with E-state index in [1.54, 1.807) is 6.20 Å². The van der Waals surface area contributed by atoms with E-state index in [-0.39, 0.29) is 11.8 Å². The highest BCUT2D eigenvalue weighted by atomic mass is 35.5. The van der Waals surface area contributed by atoms with E-state index in [2.05, 4.69) is 20.9 Å². The highest BCUT2D eigenvalue weighted by molar-refractivity contribution is 7.19. The van der Waals surface area contributed by atoms with Crippen LogP contribution in [0.2, 0.25) is 5.02 Å². The van der Waals surface area contributed by atoms with Crippen molar-refractivity contribution >= 4 is 51.0 Å². The fourth-order valence-corrected chi connectivity index (χ4v) is 6.11. The number of benzene rings is 1. The summed E-state index contributed by atoms with van der Waals surface area (Å²) in [5.74, 6) is 0.243. The molecule has 0 saturated carbocycles. The molecular formula is C23H20ClN5O4S. The lowest BCUT2D eigenvalue weighted by molar-refractivity contribution is -0.138. The van der Waals surface area contributed by atoms with Crippen molar-refractivity contribution in [2.75, 3.05) is 26.2 Å². The molecule has 9 nitrogen and oxygen atoms in total. The Kier molecular flexibility index (Phi) is 5.16. The number of amides is 4. The predicted octanol–water partition coefficient (Wildman–Crippen LogP) is 2.23. The van der Waals surface area contributed by atoms with Crippen molar-refractivity contribution in [2.24, 2.45) is 0 Å². The molecule has 3 N–H and O–H groups in total. The first-order chi connectivity index (χ1) is 16.5. The number of halogens is 1. The summed E-state index contributed by atoms with van der Waals surface area (Å²) in [7, 11) is 0. The van der Waals surface area contributed by atoms with Gasteiger partial charge in [0.15, 0.2) is 6.10 Å². The highest BCUT2D eigenvalue weighted by Gasteiger charge is 2.36. The molecule has 0 bridgehead atoms. The van der Waals surface area contributed by atoms with E-state index >= 15 is 0 Å². The Hall–Kier alpha value is -3.21. The number of piperazine rings is 1. The summed E-state index contributed by atoms with van der Waals surface area (Å²) < 4.78 is 7.09. The van der Waals surface area contributed by atoms with Crippen molar-refractivity contribution in [3.8, 4) is 16.9 Å². The van der Waals surface area contributed by atoms with Gasteiger partial charge < -0.3 is 20.3 Å². The molecule has 1 aromatic carbocycles. The number of ether oxygens (including phenoxy) is 1. The molecule has 34 heavy (non-hydrogen) atoms. The van der Waals surface area contributed by atoms with E-state index in [4.69, 9.17) is 16.3 Å². The second-order valence-electron chi connectivity index (χ2n) is 8.44. The van der Waals surface area contributed by atoms with Crippen LogP contribution in [0.4, 0.5) is 4.79 Å². The number of urea groups is 1. The maximum atomic E-state index is 13.1. The molecule has 3 aliphatic rings. The predicted molar refractivity (Wildman–Crippen MR) is 127 cm³/mol. The van der Waals surface area contributed by atoms with Crippen LogP contribution in [0.15, 0.2) is 30.5 Å². The third-order valence-electron chi connectivity index (χ3n) is 6.28. The number of pyridine rings is 1. The van der Waals surface area contributed by atoms with Crippen LogP contribution in [-0.2, 0) is 16.0 Å². The zero-order valence-electron chi connectivity index (χ0n) is 17.9. The van der Waals surface area contributed by atoms with Crippen LogP contribution in [0, 0.1) is 0 Å². The lowest BCUT2D eigenvalue weighted by Crippen LogP contribution is -2.50. The molecule has 6 rings (SSSR count). The SMILES string of the molecule is O=C1NC(=O)C(c2cc3nccc(-c4cc(Cl)cc5c4O[C@@H](C(=O)N4CCNCC4)C5)c3s2)N1. The van der Waals surface area contributed by atoms with Gasteiger partial charge in [-0.3, -0.25) is 19.9 Å². The van der Waals surface area contributed by atoms with E-state index in [1.807, 2.05) is 29.2 Å². The van der Waals surface area contributed by atoms with Crippen LogP contribution >= 0.6 is 22.9 Å². The molecule has 5 heterocycles. The molecule has 2 aromatic heterocycles. The Morgan fingerprint density at radius 2 is 2.00 bits per heavy atom. The summed E-state index contributed by atoms with van der Waals surface area (Å²) in [5.41, 5.74) is 3.21. The van der Waals surface area contributed by atoms with Crippen LogP contribution in [0.25, 0.3) is 21.3 Å². The number of carbonyl (C=O) groups is 3. The summed E-state index contributed by atoms with van der Waals surface area (Å²) in [5, 5.41) is 8.70. The van der Waals surface area contributed by atoms with E-state index in [0.717, 1.165) is 34.5 Å². The molecule has 1 unspecified atom stereocenters. The number of fused-ring (bicyclic) bond motifs is 2. The number of aromatic nitrogens is 1. The van der Waals surface area contributed by atoms with Gasteiger partial charge in [0.05, 0.1) is 10.2 Å². The Balaban J connectivity index is 1.38. The fourth-order valence-electron chi connectivity index (χ4n) is 4.68. The average Bonchev–Trinajstić information content (AvgIpc) is 3.54. The van der Waals surface area contributed by atoms with Gasteiger partial charge in [-0.15, -0.1) is 11.3 Å². The van der Waals surface area contributed by atoms with E-state index in [1.165, 1.54) is 11.3 Å². The molecule has 0 aliphatic carbocycles. The Morgan fingerprint density at radius 3 is 2.76 bits per heavy atom. The molecule has 0 spiro atoms. The number of hydrogen-bond acceptors (Lipinski definition) is 7. The molecule has 2 saturated heterocycles. The zero-order chi connectivity index (χ0) is 23.4.